The Labute approximate surface area is 168 Å². The Hall–Kier alpha value is -2.60. The first-order valence-corrected chi connectivity index (χ1v) is 10.2. The average molecular weight is 399 g/mol. The van der Waals surface area contributed by atoms with E-state index >= 15 is 0 Å². The molecule has 0 aliphatic carbocycles. The van der Waals surface area contributed by atoms with E-state index in [0.717, 1.165) is 11.3 Å². The minimum atomic E-state index is -0.307. The quantitative estimate of drug-likeness (QED) is 0.621. The second kappa shape index (κ2) is 9.06. The van der Waals surface area contributed by atoms with Crippen LogP contribution in [0.5, 0.6) is 5.75 Å². The highest BCUT2D eigenvalue weighted by atomic mass is 32.2. The van der Waals surface area contributed by atoms with Crippen LogP contribution in [0.2, 0.25) is 0 Å². The molecule has 2 aromatic rings. The van der Waals surface area contributed by atoms with Gasteiger partial charge >= 0.3 is 0 Å². The zero-order valence-electron chi connectivity index (χ0n) is 15.9. The van der Waals surface area contributed by atoms with Crippen molar-refractivity contribution in [2.75, 3.05) is 18.9 Å². The van der Waals surface area contributed by atoms with Crippen molar-refractivity contribution in [3.8, 4) is 5.75 Å². The molecule has 0 bridgehead atoms. The van der Waals surface area contributed by atoms with Crippen molar-refractivity contribution in [3.05, 3.63) is 70.4 Å². The van der Waals surface area contributed by atoms with Gasteiger partial charge in [0.2, 0.25) is 0 Å². The third-order valence-corrected chi connectivity index (χ3v) is 5.36. The van der Waals surface area contributed by atoms with Gasteiger partial charge in [0.15, 0.2) is 0 Å². The zero-order valence-corrected chi connectivity index (χ0v) is 16.7. The lowest BCUT2D eigenvalue weighted by Crippen LogP contribution is -2.33. The lowest BCUT2D eigenvalue weighted by Gasteiger charge is -2.15. The number of thioether (sulfide) groups is 1. The van der Waals surface area contributed by atoms with Crippen LogP contribution in [-0.4, -0.2) is 35.6 Å². The van der Waals surface area contributed by atoms with Gasteiger partial charge in [-0.25, -0.2) is 4.39 Å². The van der Waals surface area contributed by atoms with Crippen LogP contribution in [0.25, 0.3) is 5.57 Å². The molecule has 146 valence electrons. The molecule has 3 rings (SSSR count). The number of ether oxygens (including phenoxy) is 1. The first-order valence-electron chi connectivity index (χ1n) is 9.26. The molecule has 1 aliphatic rings. The topological polar surface area (TPSA) is 46.6 Å². The molecule has 0 N–H and O–H groups in total. The highest BCUT2D eigenvalue weighted by Crippen LogP contribution is 2.36. The summed E-state index contributed by atoms with van der Waals surface area (Å²) >= 11 is 1.38. The molecule has 0 aromatic heterocycles. The molecule has 0 spiro atoms. The molecule has 28 heavy (non-hydrogen) atoms. The van der Waals surface area contributed by atoms with Crippen LogP contribution in [0.4, 0.5) is 4.39 Å². The lowest BCUT2D eigenvalue weighted by atomic mass is 10.1. The minimum absolute atomic E-state index is 0.261. The number of rotatable bonds is 8. The fraction of sp³-hybridized carbons (Fsp3) is 0.273. The second-order valence-corrected chi connectivity index (χ2v) is 7.51. The summed E-state index contributed by atoms with van der Waals surface area (Å²) in [6.07, 6.45) is 0.485. The molecule has 6 heteroatoms. The van der Waals surface area contributed by atoms with E-state index in [2.05, 4.69) is 0 Å². The third-order valence-electron chi connectivity index (χ3n) is 4.41. The van der Waals surface area contributed by atoms with Crippen LogP contribution in [0.3, 0.4) is 0 Å². The van der Waals surface area contributed by atoms with Gasteiger partial charge in [-0.3, -0.25) is 14.5 Å². The van der Waals surface area contributed by atoms with E-state index in [0.29, 0.717) is 34.8 Å². The van der Waals surface area contributed by atoms with Crippen LogP contribution in [0.1, 0.15) is 25.0 Å². The highest BCUT2D eigenvalue weighted by molar-refractivity contribution is 8.04. The summed E-state index contributed by atoms with van der Waals surface area (Å²) in [7, 11) is 0. The third kappa shape index (κ3) is 4.28. The lowest BCUT2D eigenvalue weighted by molar-refractivity contribution is -0.136. The second-order valence-electron chi connectivity index (χ2n) is 6.23. The maximum Gasteiger partial charge on any atom is 0.267 e. The van der Waals surface area contributed by atoms with Gasteiger partial charge in [0.25, 0.3) is 11.8 Å². The number of halogens is 1. The smallest absolute Gasteiger partial charge is 0.267 e. The maximum absolute atomic E-state index is 13.1. The van der Waals surface area contributed by atoms with Gasteiger partial charge in [-0.15, -0.1) is 11.8 Å². The molecule has 0 atom stereocenters. The van der Waals surface area contributed by atoms with Crippen LogP contribution >= 0.6 is 11.8 Å². The van der Waals surface area contributed by atoms with Gasteiger partial charge in [-0.2, -0.15) is 0 Å². The first-order chi connectivity index (χ1) is 13.5. The molecule has 1 heterocycles. The standard InChI is InChI=1S/C22H22FNO3S/c1-3-27-18-11-7-16(8-12-18)19-20(28-4-2)22(26)24(21(19)25)14-13-15-5-9-17(23)10-6-15/h5-12H,3-4,13-14H2,1-2H3. The van der Waals surface area contributed by atoms with Crippen molar-refractivity contribution < 1.29 is 18.7 Å². The fourth-order valence-corrected chi connectivity index (χ4v) is 3.94. The Balaban J connectivity index is 1.82. The Morgan fingerprint density at radius 3 is 2.25 bits per heavy atom. The number of hydrogen-bond acceptors (Lipinski definition) is 4. The molecule has 0 saturated heterocycles. The van der Waals surface area contributed by atoms with E-state index in [1.54, 1.807) is 24.3 Å². The van der Waals surface area contributed by atoms with E-state index in [1.165, 1.54) is 28.8 Å². The predicted octanol–water partition coefficient (Wildman–Crippen LogP) is 4.30. The zero-order chi connectivity index (χ0) is 20.1. The summed E-state index contributed by atoms with van der Waals surface area (Å²) in [5.41, 5.74) is 2.03. The average Bonchev–Trinajstić information content (AvgIpc) is 2.93. The molecular formula is C22H22FNO3S. The van der Waals surface area contributed by atoms with Gasteiger partial charge in [0.05, 0.1) is 17.1 Å². The van der Waals surface area contributed by atoms with Crippen molar-refractivity contribution >= 4 is 29.1 Å². The Morgan fingerprint density at radius 2 is 1.64 bits per heavy atom. The summed E-state index contributed by atoms with van der Waals surface area (Å²) in [5, 5.41) is 0. The largest absolute Gasteiger partial charge is 0.494 e. The number of carbonyl (C=O) groups excluding carboxylic acids is 2. The van der Waals surface area contributed by atoms with Crippen molar-refractivity contribution in [1.29, 1.82) is 0 Å². The summed E-state index contributed by atoms with van der Waals surface area (Å²) < 4.78 is 18.5. The molecule has 1 aliphatic heterocycles. The van der Waals surface area contributed by atoms with Gasteiger partial charge in [0, 0.05) is 6.54 Å². The van der Waals surface area contributed by atoms with Crippen LogP contribution < -0.4 is 4.74 Å². The van der Waals surface area contributed by atoms with Crippen molar-refractivity contribution in [2.24, 2.45) is 0 Å². The molecule has 4 nitrogen and oxygen atoms in total. The number of nitrogens with zero attached hydrogens (tertiary/aromatic N) is 1. The number of imide groups is 1. The Kier molecular flexibility index (Phi) is 6.52. The molecule has 0 fully saturated rings. The summed E-state index contributed by atoms with van der Waals surface area (Å²) in [6, 6.07) is 13.3. The van der Waals surface area contributed by atoms with E-state index in [1.807, 2.05) is 26.0 Å². The summed E-state index contributed by atoms with van der Waals surface area (Å²) in [5.74, 6) is 0.565. The Bertz CT molecular complexity index is 891. The van der Waals surface area contributed by atoms with Gasteiger partial charge < -0.3 is 4.74 Å². The minimum Gasteiger partial charge on any atom is -0.494 e. The molecule has 0 saturated carbocycles. The first kappa shape index (κ1) is 20.1. The highest BCUT2D eigenvalue weighted by Gasteiger charge is 2.38. The SMILES string of the molecule is CCOc1ccc(C2=C(SCC)C(=O)N(CCc3ccc(F)cc3)C2=O)cc1. The normalized spacial score (nSPS) is 14.2. The fourth-order valence-electron chi connectivity index (χ4n) is 3.07. The molecule has 0 radical (unpaired) electrons. The number of amides is 2. The molecular weight excluding hydrogens is 377 g/mol. The number of benzene rings is 2. The summed E-state index contributed by atoms with van der Waals surface area (Å²) in [6.45, 7) is 4.68. The molecule has 2 aromatic carbocycles. The number of carbonyl (C=O) groups is 2. The van der Waals surface area contributed by atoms with Crippen LogP contribution in [-0.2, 0) is 16.0 Å². The molecule has 0 unspecified atom stereocenters. The van der Waals surface area contributed by atoms with Crippen LogP contribution in [0, 0.1) is 5.82 Å². The van der Waals surface area contributed by atoms with Gasteiger partial charge in [-0.05, 0) is 54.5 Å². The van der Waals surface area contributed by atoms with Crippen molar-refractivity contribution in [1.82, 2.24) is 4.90 Å². The molecule has 2 amide bonds. The van der Waals surface area contributed by atoms with Crippen molar-refractivity contribution in [3.63, 3.8) is 0 Å². The Morgan fingerprint density at radius 1 is 0.964 bits per heavy atom. The number of hydrogen-bond donors (Lipinski definition) is 0. The summed E-state index contributed by atoms with van der Waals surface area (Å²) in [4.78, 5) is 27.7. The van der Waals surface area contributed by atoms with Crippen LogP contribution in [0.15, 0.2) is 53.4 Å². The maximum atomic E-state index is 13.1. The van der Waals surface area contributed by atoms with E-state index in [4.69, 9.17) is 4.74 Å². The monoisotopic (exact) mass is 399 g/mol. The van der Waals surface area contributed by atoms with Crippen molar-refractivity contribution in [2.45, 2.75) is 20.3 Å². The van der Waals surface area contributed by atoms with E-state index in [9.17, 15) is 14.0 Å². The van der Waals surface area contributed by atoms with Gasteiger partial charge in [0.1, 0.15) is 11.6 Å². The van der Waals surface area contributed by atoms with E-state index < -0.39 is 0 Å². The predicted molar refractivity (Wildman–Crippen MR) is 109 cm³/mol. The van der Waals surface area contributed by atoms with E-state index in [-0.39, 0.29) is 24.2 Å². The van der Waals surface area contributed by atoms with Gasteiger partial charge in [-0.1, -0.05) is 31.2 Å².